The smallest absolute Gasteiger partial charge is 0.0418 e. The quantitative estimate of drug-likeness (QED) is 0.595. The molecule has 0 aliphatic rings. The Labute approximate surface area is 101 Å². The molecule has 0 unspecified atom stereocenters. The summed E-state index contributed by atoms with van der Waals surface area (Å²) < 4.78 is 0. The van der Waals surface area contributed by atoms with Gasteiger partial charge in [-0.3, -0.25) is 0 Å². The van der Waals surface area contributed by atoms with Crippen molar-refractivity contribution in [2.75, 3.05) is 0 Å². The average Bonchev–Trinajstić information content (AvgIpc) is 2.28. The highest BCUT2D eigenvalue weighted by Crippen LogP contribution is 2.10. The SMILES string of the molecule is Cc1ccccc1C#Cc1cccc(Cl)c1. The van der Waals surface area contributed by atoms with Gasteiger partial charge in [0, 0.05) is 16.1 Å². The highest BCUT2D eigenvalue weighted by Gasteiger charge is 1.91. The van der Waals surface area contributed by atoms with Gasteiger partial charge in [-0.1, -0.05) is 47.7 Å². The fourth-order valence-electron chi connectivity index (χ4n) is 1.42. The van der Waals surface area contributed by atoms with E-state index in [0.29, 0.717) is 0 Å². The molecule has 2 aromatic rings. The molecule has 2 rings (SSSR count). The summed E-state index contributed by atoms with van der Waals surface area (Å²) in [6.07, 6.45) is 0. The zero-order valence-electron chi connectivity index (χ0n) is 9.00. The Bertz CT molecular complexity index is 559. The van der Waals surface area contributed by atoms with E-state index in [9.17, 15) is 0 Å². The van der Waals surface area contributed by atoms with Crippen molar-refractivity contribution in [1.29, 1.82) is 0 Å². The lowest BCUT2D eigenvalue weighted by atomic mass is 10.1. The molecule has 0 N–H and O–H groups in total. The summed E-state index contributed by atoms with van der Waals surface area (Å²) in [7, 11) is 0. The minimum atomic E-state index is 0.719. The van der Waals surface area contributed by atoms with E-state index in [1.54, 1.807) is 0 Å². The third kappa shape index (κ3) is 2.66. The molecule has 0 fully saturated rings. The van der Waals surface area contributed by atoms with Gasteiger partial charge in [0.05, 0.1) is 0 Å². The molecule has 16 heavy (non-hydrogen) atoms. The van der Waals surface area contributed by atoms with Crippen LogP contribution in [-0.4, -0.2) is 0 Å². The lowest BCUT2D eigenvalue weighted by molar-refractivity contribution is 1.44. The van der Waals surface area contributed by atoms with Crippen LogP contribution in [0, 0.1) is 18.8 Å². The average molecular weight is 227 g/mol. The molecule has 0 aliphatic heterocycles. The van der Waals surface area contributed by atoms with Gasteiger partial charge in [0.15, 0.2) is 0 Å². The molecular weight excluding hydrogens is 216 g/mol. The number of hydrogen-bond donors (Lipinski definition) is 0. The van der Waals surface area contributed by atoms with Gasteiger partial charge in [-0.2, -0.15) is 0 Å². The maximum absolute atomic E-state index is 5.89. The Morgan fingerprint density at radius 1 is 0.938 bits per heavy atom. The van der Waals surface area contributed by atoms with Crippen LogP contribution in [0.5, 0.6) is 0 Å². The van der Waals surface area contributed by atoms with Crippen LogP contribution in [0.25, 0.3) is 0 Å². The Morgan fingerprint density at radius 2 is 1.75 bits per heavy atom. The Balaban J connectivity index is 2.32. The molecule has 78 valence electrons. The van der Waals surface area contributed by atoms with Gasteiger partial charge in [-0.15, -0.1) is 0 Å². The van der Waals surface area contributed by atoms with Crippen LogP contribution in [0.1, 0.15) is 16.7 Å². The largest absolute Gasteiger partial charge is 0.0843 e. The standard InChI is InChI=1S/C15H11Cl/c1-12-5-2-3-7-14(12)10-9-13-6-4-8-15(16)11-13/h2-8,11H,1H3. The summed E-state index contributed by atoms with van der Waals surface area (Å²) in [6, 6.07) is 15.7. The van der Waals surface area contributed by atoms with E-state index in [4.69, 9.17) is 11.6 Å². The highest BCUT2D eigenvalue weighted by molar-refractivity contribution is 6.30. The number of rotatable bonds is 0. The molecule has 0 spiro atoms. The number of hydrogen-bond acceptors (Lipinski definition) is 0. The topological polar surface area (TPSA) is 0 Å². The Morgan fingerprint density at radius 3 is 2.50 bits per heavy atom. The second kappa shape index (κ2) is 4.88. The van der Waals surface area contributed by atoms with Crippen LogP contribution in [0.3, 0.4) is 0 Å². The fourth-order valence-corrected chi connectivity index (χ4v) is 1.61. The van der Waals surface area contributed by atoms with Crippen molar-refractivity contribution in [3.8, 4) is 11.8 Å². The molecule has 0 atom stereocenters. The van der Waals surface area contributed by atoms with Crippen LogP contribution >= 0.6 is 11.6 Å². The van der Waals surface area contributed by atoms with Crippen molar-refractivity contribution in [3.05, 3.63) is 70.2 Å². The summed E-state index contributed by atoms with van der Waals surface area (Å²) in [5, 5.41) is 0.719. The summed E-state index contributed by atoms with van der Waals surface area (Å²) >= 11 is 5.89. The molecular formula is C15H11Cl. The predicted octanol–water partition coefficient (Wildman–Crippen LogP) is 4.05. The molecule has 0 amide bonds. The van der Waals surface area contributed by atoms with Crippen molar-refractivity contribution in [2.24, 2.45) is 0 Å². The van der Waals surface area contributed by atoms with E-state index in [1.807, 2.05) is 42.5 Å². The Hall–Kier alpha value is -1.71. The molecule has 1 heteroatoms. The first-order valence-electron chi connectivity index (χ1n) is 5.09. The summed E-state index contributed by atoms with van der Waals surface area (Å²) in [5.74, 6) is 6.26. The zero-order chi connectivity index (χ0) is 11.4. The van der Waals surface area contributed by atoms with Gasteiger partial charge in [0.2, 0.25) is 0 Å². The van der Waals surface area contributed by atoms with Gasteiger partial charge in [0.1, 0.15) is 0 Å². The first-order chi connectivity index (χ1) is 7.75. The minimum absolute atomic E-state index is 0.719. The third-order valence-electron chi connectivity index (χ3n) is 2.31. The van der Waals surface area contributed by atoms with Crippen molar-refractivity contribution in [3.63, 3.8) is 0 Å². The number of halogens is 1. The maximum atomic E-state index is 5.89. The normalized spacial score (nSPS) is 9.38. The van der Waals surface area contributed by atoms with Crippen LogP contribution in [0.4, 0.5) is 0 Å². The van der Waals surface area contributed by atoms with Gasteiger partial charge in [-0.25, -0.2) is 0 Å². The van der Waals surface area contributed by atoms with Crippen LogP contribution in [-0.2, 0) is 0 Å². The first-order valence-corrected chi connectivity index (χ1v) is 5.47. The molecule has 0 saturated carbocycles. The third-order valence-corrected chi connectivity index (χ3v) is 2.55. The lowest BCUT2D eigenvalue weighted by Gasteiger charge is -1.95. The highest BCUT2D eigenvalue weighted by atomic mass is 35.5. The van der Waals surface area contributed by atoms with Crippen molar-refractivity contribution in [1.82, 2.24) is 0 Å². The predicted molar refractivity (Wildman–Crippen MR) is 68.6 cm³/mol. The zero-order valence-corrected chi connectivity index (χ0v) is 9.75. The van der Waals surface area contributed by atoms with Gasteiger partial charge in [-0.05, 0) is 36.8 Å². The lowest BCUT2D eigenvalue weighted by Crippen LogP contribution is -1.80. The van der Waals surface area contributed by atoms with E-state index in [-0.39, 0.29) is 0 Å². The summed E-state index contributed by atoms with van der Waals surface area (Å²) in [6.45, 7) is 2.06. The van der Waals surface area contributed by atoms with E-state index >= 15 is 0 Å². The molecule has 0 heterocycles. The molecule has 0 nitrogen and oxygen atoms in total. The van der Waals surface area contributed by atoms with Gasteiger partial charge < -0.3 is 0 Å². The van der Waals surface area contributed by atoms with Crippen LogP contribution in [0.15, 0.2) is 48.5 Å². The van der Waals surface area contributed by atoms with E-state index in [0.717, 1.165) is 16.1 Å². The summed E-state index contributed by atoms with van der Waals surface area (Å²) in [5.41, 5.74) is 3.19. The van der Waals surface area contributed by atoms with Crippen LogP contribution < -0.4 is 0 Å². The monoisotopic (exact) mass is 226 g/mol. The minimum Gasteiger partial charge on any atom is -0.0843 e. The second-order valence-corrected chi connectivity index (χ2v) is 4.01. The molecule has 0 radical (unpaired) electrons. The van der Waals surface area contributed by atoms with Crippen molar-refractivity contribution >= 4 is 11.6 Å². The molecule has 0 bridgehead atoms. The van der Waals surface area contributed by atoms with Gasteiger partial charge in [0.25, 0.3) is 0 Å². The number of aryl methyl sites for hydroxylation is 1. The van der Waals surface area contributed by atoms with E-state index in [1.165, 1.54) is 5.56 Å². The van der Waals surface area contributed by atoms with Crippen molar-refractivity contribution < 1.29 is 0 Å². The van der Waals surface area contributed by atoms with Gasteiger partial charge >= 0.3 is 0 Å². The molecule has 0 aromatic heterocycles. The maximum Gasteiger partial charge on any atom is 0.0418 e. The second-order valence-electron chi connectivity index (χ2n) is 3.58. The van der Waals surface area contributed by atoms with E-state index < -0.39 is 0 Å². The first kappa shape index (κ1) is 10.8. The fraction of sp³-hybridized carbons (Fsp3) is 0.0667. The summed E-state index contributed by atoms with van der Waals surface area (Å²) in [4.78, 5) is 0. The molecule has 0 aliphatic carbocycles. The van der Waals surface area contributed by atoms with E-state index in [2.05, 4.69) is 24.8 Å². The molecule has 2 aromatic carbocycles. The Kier molecular flexibility index (Phi) is 3.29. The molecule has 0 saturated heterocycles. The van der Waals surface area contributed by atoms with Crippen LogP contribution in [0.2, 0.25) is 5.02 Å². The van der Waals surface area contributed by atoms with Crippen molar-refractivity contribution in [2.45, 2.75) is 6.92 Å². The number of benzene rings is 2.